The predicted molar refractivity (Wildman–Crippen MR) is 123 cm³/mol. The summed E-state index contributed by atoms with van der Waals surface area (Å²) in [5.41, 5.74) is 5.81. The second-order valence-electron chi connectivity index (χ2n) is 8.55. The number of fused-ring (bicyclic) bond motifs is 1. The molecule has 0 bridgehead atoms. The Hall–Kier alpha value is -2.54. The third kappa shape index (κ3) is 4.42. The van der Waals surface area contributed by atoms with Crippen molar-refractivity contribution < 1.29 is 9.90 Å². The molecule has 2 heterocycles. The summed E-state index contributed by atoms with van der Waals surface area (Å²) in [6, 6.07) is 18.4. The molecule has 3 aromatic rings. The summed E-state index contributed by atoms with van der Waals surface area (Å²) in [5.74, 6) is -0.0933. The van der Waals surface area contributed by atoms with Crippen LogP contribution in [0.15, 0.2) is 60.1 Å². The van der Waals surface area contributed by atoms with Gasteiger partial charge in [-0.2, -0.15) is 0 Å². The van der Waals surface area contributed by atoms with Crippen molar-refractivity contribution in [3.63, 3.8) is 0 Å². The maximum Gasteiger partial charge on any atom is 0.233 e. The minimum Gasteiger partial charge on any atom is -0.387 e. The highest BCUT2D eigenvalue weighted by Crippen LogP contribution is 2.35. The van der Waals surface area contributed by atoms with Gasteiger partial charge < -0.3 is 15.7 Å². The molecular weight excluding hydrogens is 406 g/mol. The van der Waals surface area contributed by atoms with Gasteiger partial charge in [0, 0.05) is 22.6 Å². The third-order valence-electron chi connectivity index (χ3n) is 6.48. The molecule has 0 saturated carbocycles. The van der Waals surface area contributed by atoms with Crippen LogP contribution in [0.3, 0.4) is 0 Å². The van der Waals surface area contributed by atoms with Crippen molar-refractivity contribution in [3.05, 3.63) is 81.8 Å². The van der Waals surface area contributed by atoms with Crippen molar-refractivity contribution in [2.24, 2.45) is 0 Å². The Kier molecular flexibility index (Phi) is 5.85. The molecular formula is C25H27N3O2S. The fourth-order valence-corrected chi connectivity index (χ4v) is 5.64. The largest absolute Gasteiger partial charge is 0.387 e. The lowest BCUT2D eigenvalue weighted by molar-refractivity contribution is -0.117. The molecule has 0 spiro atoms. The monoisotopic (exact) mass is 433 g/mol. The standard InChI is InChI=1S/C25H27N3O2S/c29-24(17-4-2-1-3-5-17)21-12-10-19(27-21)14-16-6-8-18(9-7-16)28-25(30)20-11-13-22-23(20)26-15-31-22/h1-9,15,19-21,24,27,29H,10-14H2,(H,28,30)/t19-,20+,21+,24+/m0/s1. The van der Waals surface area contributed by atoms with Gasteiger partial charge in [0.2, 0.25) is 5.91 Å². The van der Waals surface area contributed by atoms with Gasteiger partial charge in [-0.05, 0) is 55.4 Å². The number of rotatable bonds is 6. The molecule has 1 saturated heterocycles. The summed E-state index contributed by atoms with van der Waals surface area (Å²) in [4.78, 5) is 18.3. The zero-order valence-electron chi connectivity index (χ0n) is 17.3. The summed E-state index contributed by atoms with van der Waals surface area (Å²) in [6.45, 7) is 0. The highest BCUT2D eigenvalue weighted by molar-refractivity contribution is 7.09. The molecule has 5 rings (SSSR count). The summed E-state index contributed by atoms with van der Waals surface area (Å²) >= 11 is 1.64. The van der Waals surface area contributed by atoms with Crippen molar-refractivity contribution in [1.29, 1.82) is 0 Å². The number of carbonyl (C=O) groups excluding carboxylic acids is 1. The van der Waals surface area contributed by atoms with E-state index in [0.29, 0.717) is 6.04 Å². The molecule has 31 heavy (non-hydrogen) atoms. The van der Waals surface area contributed by atoms with Crippen LogP contribution in [0.1, 0.15) is 53.0 Å². The van der Waals surface area contributed by atoms with Gasteiger partial charge in [0.05, 0.1) is 23.2 Å². The lowest BCUT2D eigenvalue weighted by Crippen LogP contribution is -2.35. The topological polar surface area (TPSA) is 74.2 Å². The number of benzene rings is 2. The fourth-order valence-electron chi connectivity index (χ4n) is 4.80. The molecule has 6 heteroatoms. The molecule has 1 fully saturated rings. The molecule has 1 aromatic heterocycles. The van der Waals surface area contributed by atoms with Gasteiger partial charge in [-0.1, -0.05) is 42.5 Å². The summed E-state index contributed by atoms with van der Waals surface area (Å²) in [7, 11) is 0. The average Bonchev–Trinajstić information content (AvgIpc) is 3.52. The van der Waals surface area contributed by atoms with Crippen molar-refractivity contribution in [3.8, 4) is 0 Å². The van der Waals surface area contributed by atoms with Gasteiger partial charge >= 0.3 is 0 Å². The highest BCUT2D eigenvalue weighted by Gasteiger charge is 2.31. The summed E-state index contributed by atoms with van der Waals surface area (Å²) in [6.07, 6.45) is 4.25. The van der Waals surface area contributed by atoms with E-state index in [2.05, 4.69) is 27.8 Å². The highest BCUT2D eigenvalue weighted by atomic mass is 32.1. The number of anilines is 1. The minimum atomic E-state index is -0.474. The van der Waals surface area contributed by atoms with E-state index in [-0.39, 0.29) is 17.9 Å². The molecule has 160 valence electrons. The van der Waals surface area contributed by atoms with Crippen molar-refractivity contribution >= 4 is 22.9 Å². The number of thiazole rings is 1. The Morgan fingerprint density at radius 3 is 2.74 bits per heavy atom. The van der Waals surface area contributed by atoms with Gasteiger partial charge in [0.15, 0.2) is 0 Å². The van der Waals surface area contributed by atoms with E-state index in [1.54, 1.807) is 11.3 Å². The zero-order valence-corrected chi connectivity index (χ0v) is 18.1. The number of nitrogens with zero attached hydrogens (tertiary/aromatic N) is 1. The van der Waals surface area contributed by atoms with Crippen LogP contribution >= 0.6 is 11.3 Å². The lowest BCUT2D eigenvalue weighted by Gasteiger charge is -2.20. The van der Waals surface area contributed by atoms with Crippen LogP contribution < -0.4 is 10.6 Å². The molecule has 5 nitrogen and oxygen atoms in total. The first-order valence-corrected chi connectivity index (χ1v) is 11.9. The van der Waals surface area contributed by atoms with E-state index < -0.39 is 6.10 Å². The van der Waals surface area contributed by atoms with E-state index in [9.17, 15) is 9.90 Å². The summed E-state index contributed by atoms with van der Waals surface area (Å²) in [5, 5.41) is 17.3. The van der Waals surface area contributed by atoms with Crippen LogP contribution in [0.25, 0.3) is 0 Å². The van der Waals surface area contributed by atoms with Gasteiger partial charge in [-0.3, -0.25) is 4.79 Å². The van der Waals surface area contributed by atoms with Gasteiger partial charge in [-0.25, -0.2) is 4.98 Å². The fraction of sp³-hybridized carbons (Fsp3) is 0.360. The van der Waals surface area contributed by atoms with Crippen molar-refractivity contribution in [2.75, 3.05) is 5.32 Å². The molecule has 2 aromatic carbocycles. The molecule has 1 aliphatic carbocycles. The first kappa shape index (κ1) is 20.4. The molecule has 0 radical (unpaired) electrons. The second kappa shape index (κ2) is 8.91. The Labute approximate surface area is 186 Å². The van der Waals surface area contributed by atoms with E-state index in [1.165, 1.54) is 10.4 Å². The second-order valence-corrected chi connectivity index (χ2v) is 9.48. The van der Waals surface area contributed by atoms with Crippen LogP contribution in [-0.2, 0) is 17.6 Å². The van der Waals surface area contributed by atoms with Gasteiger partial charge in [0.1, 0.15) is 0 Å². The number of hydrogen-bond acceptors (Lipinski definition) is 5. The van der Waals surface area contributed by atoms with E-state index >= 15 is 0 Å². The van der Waals surface area contributed by atoms with Crippen LogP contribution in [0.5, 0.6) is 0 Å². The predicted octanol–water partition coefficient (Wildman–Crippen LogP) is 4.21. The van der Waals surface area contributed by atoms with Crippen LogP contribution in [0.2, 0.25) is 0 Å². The number of amides is 1. The Morgan fingerprint density at radius 2 is 1.94 bits per heavy atom. The summed E-state index contributed by atoms with van der Waals surface area (Å²) < 4.78 is 0. The number of aliphatic hydroxyl groups is 1. The van der Waals surface area contributed by atoms with E-state index in [0.717, 1.165) is 49.0 Å². The Bertz CT molecular complexity index is 1030. The molecule has 2 aliphatic rings. The molecule has 1 amide bonds. The van der Waals surface area contributed by atoms with Crippen LogP contribution in [0.4, 0.5) is 5.69 Å². The van der Waals surface area contributed by atoms with E-state index in [1.807, 2.05) is 48.0 Å². The third-order valence-corrected chi connectivity index (χ3v) is 7.39. The number of aromatic nitrogens is 1. The minimum absolute atomic E-state index is 0.0348. The van der Waals surface area contributed by atoms with Crippen LogP contribution in [0, 0.1) is 0 Å². The average molecular weight is 434 g/mol. The SMILES string of the molecule is O=C(Nc1ccc(C[C@@H]2CC[C@H]([C@H](O)c3ccccc3)N2)cc1)[C@@H]1CCc2scnc21. The molecule has 1 aliphatic heterocycles. The normalized spacial score (nSPS) is 23.5. The van der Waals surface area contributed by atoms with Crippen molar-refractivity contribution in [2.45, 2.75) is 56.2 Å². The van der Waals surface area contributed by atoms with Crippen LogP contribution in [-0.4, -0.2) is 28.1 Å². The number of aliphatic hydroxyl groups excluding tert-OH is 1. The maximum atomic E-state index is 12.7. The molecule has 4 atom stereocenters. The number of carbonyl (C=O) groups is 1. The smallest absolute Gasteiger partial charge is 0.233 e. The first-order valence-electron chi connectivity index (χ1n) is 11.0. The lowest BCUT2D eigenvalue weighted by atomic mass is 10.0. The number of aryl methyl sites for hydroxylation is 1. The molecule has 3 N–H and O–H groups in total. The zero-order chi connectivity index (χ0) is 21.2. The Balaban J connectivity index is 1.15. The van der Waals surface area contributed by atoms with Crippen molar-refractivity contribution in [1.82, 2.24) is 10.3 Å². The van der Waals surface area contributed by atoms with Gasteiger partial charge in [-0.15, -0.1) is 11.3 Å². The van der Waals surface area contributed by atoms with E-state index in [4.69, 9.17) is 0 Å². The first-order chi connectivity index (χ1) is 15.2. The number of nitrogens with one attached hydrogen (secondary N) is 2. The molecule has 0 unspecified atom stereocenters. The maximum absolute atomic E-state index is 12.7. The number of hydrogen-bond donors (Lipinski definition) is 3. The van der Waals surface area contributed by atoms with Gasteiger partial charge in [0.25, 0.3) is 0 Å². The Morgan fingerprint density at radius 1 is 1.13 bits per heavy atom. The quantitative estimate of drug-likeness (QED) is 0.544.